The largest absolute Gasteiger partial charge is 0.489 e. The molecule has 0 fully saturated rings. The number of halogens is 2. The number of esters is 1. The Morgan fingerprint density at radius 3 is 2.61 bits per heavy atom. The second-order valence-electron chi connectivity index (χ2n) is 10.4. The molecule has 41 heavy (non-hydrogen) atoms. The Bertz CT molecular complexity index is 1590. The van der Waals surface area contributed by atoms with Gasteiger partial charge in [0.1, 0.15) is 11.2 Å². The second kappa shape index (κ2) is 12.2. The first-order chi connectivity index (χ1) is 19.4. The summed E-state index contributed by atoms with van der Waals surface area (Å²) in [5.74, 6) is -1.25. The van der Waals surface area contributed by atoms with Gasteiger partial charge in [0.25, 0.3) is 0 Å². The van der Waals surface area contributed by atoms with Gasteiger partial charge in [0.05, 0.1) is 18.7 Å². The quantitative estimate of drug-likeness (QED) is 0.265. The van der Waals surface area contributed by atoms with Crippen LogP contribution in [0.1, 0.15) is 48.2 Å². The van der Waals surface area contributed by atoms with E-state index in [0.717, 1.165) is 11.4 Å². The van der Waals surface area contributed by atoms with Gasteiger partial charge in [-0.25, -0.2) is 19.0 Å². The van der Waals surface area contributed by atoms with Crippen molar-refractivity contribution >= 4 is 29.3 Å². The highest BCUT2D eigenvalue weighted by molar-refractivity contribution is 6.31. The molecule has 3 aromatic heterocycles. The van der Waals surface area contributed by atoms with Crippen LogP contribution in [0.5, 0.6) is 5.75 Å². The number of ether oxygens (including phenoxy) is 3. The topological polar surface area (TPSA) is 109 Å². The van der Waals surface area contributed by atoms with Crippen molar-refractivity contribution in [1.29, 1.82) is 0 Å². The lowest BCUT2D eigenvalue weighted by atomic mass is 10.1. The number of nitrogens with one attached hydrogen (secondary N) is 1. The summed E-state index contributed by atoms with van der Waals surface area (Å²) in [6.07, 6.45) is 3.86. The molecule has 1 N–H and O–H groups in total. The first-order valence-corrected chi connectivity index (χ1v) is 13.4. The number of nitrogens with zero attached hydrogens (tertiary/aromatic N) is 4. The standard InChI is InChI=1S/C29H33ClFN5O5/c1-17-20(25(27(37)39-6)34-35(17)5)12-14-40-26-21(8-9-22(30)24(26)31)18-7-10-23-33-15-19(36(23)16-18)11-13-32-28(38)41-29(2,3)4/h7-10,15-16H,11-14H2,1-6H3,(H,32,38). The number of pyridine rings is 1. The van der Waals surface area contributed by atoms with Crippen LogP contribution >= 0.6 is 11.6 Å². The van der Waals surface area contributed by atoms with E-state index in [9.17, 15) is 9.59 Å². The number of alkyl carbamates (subject to hydrolysis) is 1. The van der Waals surface area contributed by atoms with E-state index in [2.05, 4.69) is 15.4 Å². The lowest BCUT2D eigenvalue weighted by Crippen LogP contribution is -2.33. The van der Waals surface area contributed by atoms with Crippen LogP contribution in [0.2, 0.25) is 5.02 Å². The highest BCUT2D eigenvalue weighted by Gasteiger charge is 2.22. The number of benzene rings is 1. The number of imidazole rings is 1. The Balaban J connectivity index is 1.56. The van der Waals surface area contributed by atoms with E-state index in [-0.39, 0.29) is 23.1 Å². The number of amides is 1. The molecular weight excluding hydrogens is 553 g/mol. The van der Waals surface area contributed by atoms with Gasteiger partial charge in [0.15, 0.2) is 17.3 Å². The van der Waals surface area contributed by atoms with E-state index in [1.54, 1.807) is 44.8 Å². The first kappa shape index (κ1) is 29.9. The summed E-state index contributed by atoms with van der Waals surface area (Å²) in [5, 5.41) is 6.91. The van der Waals surface area contributed by atoms with E-state index >= 15 is 4.39 Å². The Kier molecular flexibility index (Phi) is 8.86. The number of aryl methyl sites for hydroxylation is 1. The van der Waals surface area contributed by atoms with Gasteiger partial charge in [-0.05, 0) is 52.0 Å². The molecule has 1 aromatic carbocycles. The lowest BCUT2D eigenvalue weighted by molar-refractivity contribution is 0.0527. The lowest BCUT2D eigenvalue weighted by Gasteiger charge is -2.19. The van der Waals surface area contributed by atoms with Gasteiger partial charge >= 0.3 is 12.1 Å². The molecule has 0 atom stereocenters. The molecule has 0 aliphatic heterocycles. The van der Waals surface area contributed by atoms with Crippen molar-refractivity contribution in [3.8, 4) is 16.9 Å². The fourth-order valence-electron chi connectivity index (χ4n) is 4.35. The number of hydrogen-bond donors (Lipinski definition) is 1. The summed E-state index contributed by atoms with van der Waals surface area (Å²) in [5.41, 5.74) is 3.76. The maximum absolute atomic E-state index is 15.3. The maximum Gasteiger partial charge on any atom is 0.407 e. The Labute approximate surface area is 242 Å². The van der Waals surface area contributed by atoms with E-state index < -0.39 is 23.5 Å². The second-order valence-corrected chi connectivity index (χ2v) is 10.8. The van der Waals surface area contributed by atoms with Gasteiger partial charge in [-0.2, -0.15) is 5.10 Å². The van der Waals surface area contributed by atoms with Crippen LogP contribution in [0.4, 0.5) is 9.18 Å². The van der Waals surface area contributed by atoms with Gasteiger partial charge in [-0.3, -0.25) is 4.68 Å². The Hall–Kier alpha value is -4.12. The Morgan fingerprint density at radius 1 is 1.15 bits per heavy atom. The molecule has 4 aromatic rings. The number of carbonyl (C=O) groups excluding carboxylic acids is 2. The number of hydrogen-bond acceptors (Lipinski definition) is 7. The molecule has 4 rings (SSSR count). The molecule has 0 bridgehead atoms. The number of rotatable bonds is 9. The molecule has 0 unspecified atom stereocenters. The molecule has 0 saturated heterocycles. The zero-order valence-electron chi connectivity index (χ0n) is 23.9. The van der Waals surface area contributed by atoms with E-state index in [1.165, 1.54) is 13.2 Å². The van der Waals surface area contributed by atoms with Crippen molar-refractivity contribution < 1.29 is 28.2 Å². The average molecular weight is 586 g/mol. The van der Waals surface area contributed by atoms with Crippen LogP contribution in [-0.2, 0) is 29.4 Å². The van der Waals surface area contributed by atoms with Gasteiger partial charge < -0.3 is 23.9 Å². The van der Waals surface area contributed by atoms with Gasteiger partial charge in [0.2, 0.25) is 0 Å². The van der Waals surface area contributed by atoms with E-state index in [1.807, 2.05) is 29.7 Å². The predicted octanol–water partition coefficient (Wildman–Crippen LogP) is 5.31. The molecular formula is C29H33ClFN5O5. The molecule has 10 nitrogen and oxygen atoms in total. The highest BCUT2D eigenvalue weighted by atomic mass is 35.5. The summed E-state index contributed by atoms with van der Waals surface area (Å²) in [6, 6.07) is 6.81. The fourth-order valence-corrected chi connectivity index (χ4v) is 4.50. The van der Waals surface area contributed by atoms with Crippen LogP contribution in [0.25, 0.3) is 16.8 Å². The molecule has 218 valence electrons. The summed E-state index contributed by atoms with van der Waals surface area (Å²) in [6.45, 7) is 7.65. The van der Waals surface area contributed by atoms with E-state index in [0.29, 0.717) is 41.7 Å². The molecule has 12 heteroatoms. The Morgan fingerprint density at radius 2 is 1.90 bits per heavy atom. The minimum atomic E-state index is -0.687. The normalized spacial score (nSPS) is 11.5. The van der Waals surface area contributed by atoms with Gasteiger partial charge in [-0.15, -0.1) is 0 Å². The molecule has 3 heterocycles. The SMILES string of the molecule is COC(=O)c1nn(C)c(C)c1CCOc1c(-c2ccc3ncc(CCNC(=O)OC(C)(C)C)n3c2)ccc(Cl)c1F. The molecule has 0 aliphatic rings. The van der Waals surface area contributed by atoms with Crippen molar-refractivity contribution in [3.63, 3.8) is 0 Å². The highest BCUT2D eigenvalue weighted by Crippen LogP contribution is 2.36. The summed E-state index contributed by atoms with van der Waals surface area (Å²) >= 11 is 6.12. The summed E-state index contributed by atoms with van der Waals surface area (Å²) in [7, 11) is 3.02. The minimum Gasteiger partial charge on any atom is -0.489 e. The zero-order chi connectivity index (χ0) is 29.9. The van der Waals surface area contributed by atoms with Crippen molar-refractivity contribution in [2.45, 2.75) is 46.1 Å². The molecule has 0 spiro atoms. The van der Waals surface area contributed by atoms with Crippen LogP contribution in [-0.4, -0.2) is 57.1 Å². The number of fused-ring (bicyclic) bond motifs is 1. The predicted molar refractivity (Wildman–Crippen MR) is 152 cm³/mol. The van der Waals surface area contributed by atoms with Gasteiger partial charge in [-0.1, -0.05) is 11.6 Å². The fraction of sp³-hybridized carbons (Fsp3) is 0.379. The number of carbonyl (C=O) groups is 2. The van der Waals surface area contributed by atoms with Crippen molar-refractivity contribution in [1.82, 2.24) is 24.5 Å². The summed E-state index contributed by atoms with van der Waals surface area (Å²) in [4.78, 5) is 28.6. The first-order valence-electron chi connectivity index (χ1n) is 13.0. The van der Waals surface area contributed by atoms with Crippen molar-refractivity contribution in [2.75, 3.05) is 20.3 Å². The molecule has 0 aliphatic carbocycles. The van der Waals surface area contributed by atoms with Crippen molar-refractivity contribution in [2.24, 2.45) is 7.05 Å². The number of aromatic nitrogens is 4. The molecule has 0 saturated carbocycles. The number of methoxy groups -OCH3 is 1. The third-order valence-corrected chi connectivity index (χ3v) is 6.72. The molecule has 0 radical (unpaired) electrons. The third-order valence-electron chi connectivity index (χ3n) is 6.43. The monoisotopic (exact) mass is 585 g/mol. The van der Waals surface area contributed by atoms with Crippen LogP contribution < -0.4 is 10.1 Å². The third kappa shape index (κ3) is 6.79. The maximum atomic E-state index is 15.3. The van der Waals surface area contributed by atoms with Gasteiger partial charge in [0, 0.05) is 66.9 Å². The van der Waals surface area contributed by atoms with Crippen molar-refractivity contribution in [3.05, 3.63) is 70.1 Å². The molecule has 1 amide bonds. The minimum absolute atomic E-state index is 0.00808. The van der Waals surface area contributed by atoms with Crippen LogP contribution in [0.15, 0.2) is 36.7 Å². The smallest absolute Gasteiger partial charge is 0.407 e. The van der Waals surface area contributed by atoms with Crippen LogP contribution in [0.3, 0.4) is 0 Å². The average Bonchev–Trinajstić information content (AvgIpc) is 3.45. The summed E-state index contributed by atoms with van der Waals surface area (Å²) < 4.78 is 34.9. The zero-order valence-corrected chi connectivity index (χ0v) is 24.6. The van der Waals surface area contributed by atoms with Crippen LogP contribution in [0, 0.1) is 12.7 Å². The van der Waals surface area contributed by atoms with E-state index in [4.69, 9.17) is 25.8 Å².